The zero-order valence-electron chi connectivity index (χ0n) is 17.2. The highest BCUT2D eigenvalue weighted by molar-refractivity contribution is 7.22. The number of amides is 1. The van der Waals surface area contributed by atoms with Crippen LogP contribution in [0, 0.1) is 11.6 Å². The quantitative estimate of drug-likeness (QED) is 0.562. The molecule has 4 rings (SSSR count). The van der Waals surface area contributed by atoms with Crippen LogP contribution in [0.15, 0.2) is 36.4 Å². The van der Waals surface area contributed by atoms with Crippen molar-refractivity contribution in [3.8, 4) is 11.5 Å². The van der Waals surface area contributed by atoms with Crippen molar-refractivity contribution in [3.63, 3.8) is 0 Å². The van der Waals surface area contributed by atoms with Crippen molar-refractivity contribution in [1.82, 2.24) is 9.88 Å². The first kappa shape index (κ1) is 23.2. The lowest BCUT2D eigenvalue weighted by Gasteiger charge is -2.34. The van der Waals surface area contributed by atoms with Crippen LogP contribution in [0.5, 0.6) is 11.5 Å². The van der Waals surface area contributed by atoms with Gasteiger partial charge < -0.3 is 14.4 Å². The number of carbonyl (C=O) groups is 1. The lowest BCUT2D eigenvalue weighted by molar-refractivity contribution is -0.130. The highest BCUT2D eigenvalue weighted by Gasteiger charge is 2.38. The first-order valence-corrected chi connectivity index (χ1v) is 10.3. The summed E-state index contributed by atoms with van der Waals surface area (Å²) in [6, 6.07) is 9.15. The molecular formula is C21H22ClF2N3O3S. The Labute approximate surface area is 188 Å². The summed E-state index contributed by atoms with van der Waals surface area (Å²) in [6.07, 6.45) is -1.42. The number of para-hydroxylation sites is 2. The number of thiazole rings is 1. The minimum atomic E-state index is -0.893. The van der Waals surface area contributed by atoms with E-state index < -0.39 is 23.8 Å². The topological polar surface area (TPSA) is 54.9 Å². The van der Waals surface area contributed by atoms with Crippen LogP contribution in [-0.2, 0) is 4.79 Å². The smallest absolute Gasteiger partial charge is 0.273 e. The second kappa shape index (κ2) is 9.33. The number of aromatic nitrogens is 1. The van der Waals surface area contributed by atoms with Gasteiger partial charge in [-0.3, -0.25) is 9.69 Å². The summed E-state index contributed by atoms with van der Waals surface area (Å²) >= 11 is 1.06. The molecule has 0 fully saturated rings. The van der Waals surface area contributed by atoms with Gasteiger partial charge in [0.1, 0.15) is 17.4 Å². The Bertz CT molecular complexity index is 1090. The number of anilines is 1. The molecule has 0 saturated carbocycles. The molecule has 1 aliphatic heterocycles. The van der Waals surface area contributed by atoms with E-state index in [1.807, 2.05) is 25.1 Å². The molecule has 3 aromatic rings. The number of halogens is 3. The highest BCUT2D eigenvalue weighted by Crippen LogP contribution is 2.36. The molecule has 0 N–H and O–H groups in total. The summed E-state index contributed by atoms with van der Waals surface area (Å²) in [5, 5.41) is 0.288. The van der Waals surface area contributed by atoms with E-state index in [-0.39, 0.29) is 29.0 Å². The van der Waals surface area contributed by atoms with Gasteiger partial charge >= 0.3 is 0 Å². The van der Waals surface area contributed by atoms with Gasteiger partial charge in [-0.2, -0.15) is 0 Å². The molecule has 1 aliphatic rings. The van der Waals surface area contributed by atoms with E-state index in [1.54, 1.807) is 25.1 Å². The third-order valence-electron chi connectivity index (χ3n) is 4.76. The fraction of sp³-hybridized carbons (Fsp3) is 0.333. The largest absolute Gasteiger partial charge is 0.482 e. The minimum absolute atomic E-state index is 0. The average molecular weight is 470 g/mol. The first-order chi connectivity index (χ1) is 14.3. The molecule has 6 nitrogen and oxygen atoms in total. The third kappa shape index (κ3) is 4.73. The van der Waals surface area contributed by atoms with Crippen molar-refractivity contribution in [2.45, 2.75) is 19.1 Å². The molecule has 2 unspecified atom stereocenters. The normalized spacial score (nSPS) is 17.5. The first-order valence-electron chi connectivity index (χ1n) is 9.47. The van der Waals surface area contributed by atoms with E-state index in [1.165, 1.54) is 11.0 Å². The monoisotopic (exact) mass is 469 g/mol. The zero-order valence-corrected chi connectivity index (χ0v) is 18.8. The molecule has 31 heavy (non-hydrogen) atoms. The highest BCUT2D eigenvalue weighted by atomic mass is 35.5. The van der Waals surface area contributed by atoms with Crippen LogP contribution in [0.3, 0.4) is 0 Å². The van der Waals surface area contributed by atoms with E-state index in [0.717, 1.165) is 17.4 Å². The lowest BCUT2D eigenvalue weighted by atomic mass is 10.1. The molecule has 2 aromatic carbocycles. The Morgan fingerprint density at radius 2 is 1.81 bits per heavy atom. The number of rotatable bonds is 5. The second-order valence-electron chi connectivity index (χ2n) is 7.33. The molecule has 10 heteroatoms. The molecule has 0 saturated heterocycles. The predicted octanol–water partition coefficient (Wildman–Crippen LogP) is 4.12. The van der Waals surface area contributed by atoms with Crippen LogP contribution in [0.1, 0.15) is 6.92 Å². The maximum absolute atomic E-state index is 14.2. The summed E-state index contributed by atoms with van der Waals surface area (Å²) in [5.74, 6) is -0.730. The number of likely N-dealkylation sites (N-methyl/N-ethyl adjacent to an activating group) is 1. The standard InChI is InChI=1S/C21H21F2N3O3S.ClH/c1-12-19(29-16-7-5-4-6-15(16)28-12)20(27)26(9-8-25(2)3)21-24-18-14(23)10-13(22)11-17(18)30-21;/h4-7,10-12,19H,8-9H2,1-3H3;1H. The van der Waals surface area contributed by atoms with Gasteiger partial charge in [-0.15, -0.1) is 12.4 Å². The zero-order chi connectivity index (χ0) is 21.4. The molecule has 166 valence electrons. The number of ether oxygens (including phenoxy) is 2. The summed E-state index contributed by atoms with van der Waals surface area (Å²) in [7, 11) is 3.77. The second-order valence-corrected chi connectivity index (χ2v) is 8.34. The minimum Gasteiger partial charge on any atom is -0.482 e. The number of fused-ring (bicyclic) bond motifs is 2. The van der Waals surface area contributed by atoms with Gasteiger partial charge in [-0.05, 0) is 39.2 Å². The van der Waals surface area contributed by atoms with Crippen molar-refractivity contribution < 1.29 is 23.0 Å². The molecular weight excluding hydrogens is 448 g/mol. The molecule has 1 amide bonds. The van der Waals surface area contributed by atoms with Crippen molar-refractivity contribution >= 4 is 45.0 Å². The maximum atomic E-state index is 14.2. The summed E-state index contributed by atoms with van der Waals surface area (Å²) in [6.45, 7) is 2.62. The van der Waals surface area contributed by atoms with Gasteiger partial charge in [0.2, 0.25) is 6.10 Å². The van der Waals surface area contributed by atoms with Gasteiger partial charge in [0.25, 0.3) is 5.91 Å². The Morgan fingerprint density at radius 1 is 1.13 bits per heavy atom. The van der Waals surface area contributed by atoms with Gasteiger partial charge in [0.05, 0.1) is 4.70 Å². The molecule has 0 radical (unpaired) electrons. The van der Waals surface area contributed by atoms with Crippen LogP contribution in [0.4, 0.5) is 13.9 Å². The van der Waals surface area contributed by atoms with Crippen molar-refractivity contribution in [2.24, 2.45) is 0 Å². The van der Waals surface area contributed by atoms with Crippen molar-refractivity contribution in [1.29, 1.82) is 0 Å². The average Bonchev–Trinajstić information content (AvgIpc) is 3.11. The molecule has 2 atom stereocenters. The number of hydrogen-bond acceptors (Lipinski definition) is 6. The van der Waals surface area contributed by atoms with Gasteiger partial charge in [0, 0.05) is 19.2 Å². The molecule has 0 aliphatic carbocycles. The molecule has 0 bridgehead atoms. The Morgan fingerprint density at radius 3 is 2.48 bits per heavy atom. The van der Waals surface area contributed by atoms with E-state index in [2.05, 4.69) is 4.98 Å². The van der Waals surface area contributed by atoms with Crippen LogP contribution in [0.25, 0.3) is 10.2 Å². The molecule has 1 aromatic heterocycles. The Balaban J connectivity index is 0.00000272. The van der Waals surface area contributed by atoms with Gasteiger partial charge in [-0.25, -0.2) is 13.8 Å². The third-order valence-corrected chi connectivity index (χ3v) is 5.78. The van der Waals surface area contributed by atoms with E-state index in [9.17, 15) is 13.6 Å². The van der Waals surface area contributed by atoms with E-state index in [0.29, 0.717) is 29.3 Å². The van der Waals surface area contributed by atoms with Crippen LogP contribution in [-0.4, -0.2) is 55.2 Å². The van der Waals surface area contributed by atoms with Gasteiger partial charge in [-0.1, -0.05) is 23.5 Å². The number of benzene rings is 2. The maximum Gasteiger partial charge on any atom is 0.273 e. The SMILES string of the molecule is CC1Oc2ccccc2OC1C(=O)N(CCN(C)C)c1nc2c(F)cc(F)cc2s1.Cl. The van der Waals surface area contributed by atoms with Crippen LogP contribution < -0.4 is 14.4 Å². The summed E-state index contributed by atoms with van der Waals surface area (Å²) in [4.78, 5) is 21.1. The van der Waals surface area contributed by atoms with Crippen molar-refractivity contribution in [3.05, 3.63) is 48.0 Å². The van der Waals surface area contributed by atoms with Crippen molar-refractivity contribution in [2.75, 3.05) is 32.1 Å². The predicted molar refractivity (Wildman–Crippen MR) is 119 cm³/mol. The fourth-order valence-corrected chi connectivity index (χ4v) is 4.24. The molecule has 0 spiro atoms. The van der Waals surface area contributed by atoms with Crippen LogP contribution in [0.2, 0.25) is 0 Å². The summed E-state index contributed by atoms with van der Waals surface area (Å²) < 4.78 is 39.9. The number of carbonyl (C=O) groups excluding carboxylic acids is 1. The van der Waals surface area contributed by atoms with E-state index in [4.69, 9.17) is 9.47 Å². The Kier molecular flexibility index (Phi) is 6.98. The van der Waals surface area contributed by atoms with Crippen LogP contribution >= 0.6 is 23.7 Å². The van der Waals surface area contributed by atoms with Gasteiger partial charge in [0.15, 0.2) is 22.4 Å². The fourth-order valence-electron chi connectivity index (χ4n) is 3.21. The summed E-state index contributed by atoms with van der Waals surface area (Å²) in [5.41, 5.74) is 0.0401. The van der Waals surface area contributed by atoms with E-state index >= 15 is 0 Å². The lowest BCUT2D eigenvalue weighted by Crippen LogP contribution is -2.52. The number of nitrogens with zero attached hydrogens (tertiary/aromatic N) is 3. The number of hydrogen-bond donors (Lipinski definition) is 0. The molecule has 2 heterocycles. The Hall–Kier alpha value is -2.49.